The van der Waals surface area contributed by atoms with Crippen molar-refractivity contribution in [3.05, 3.63) is 34.1 Å². The minimum absolute atomic E-state index is 0.0866. The molecule has 2 N–H and O–H groups in total. The predicted octanol–water partition coefficient (Wildman–Crippen LogP) is 3.18. The predicted molar refractivity (Wildman–Crippen MR) is 74.7 cm³/mol. The van der Waals surface area contributed by atoms with Crippen LogP contribution in [-0.4, -0.2) is 21.5 Å². The summed E-state index contributed by atoms with van der Waals surface area (Å²) < 4.78 is 13.6. The SMILES string of the molecule is CC1CCCC(Nc2cccc(F)c2[N+](=O)[O-])(C(=O)O)C1. The molecule has 1 saturated carbocycles. The van der Waals surface area contributed by atoms with Gasteiger partial charge in [0.2, 0.25) is 5.82 Å². The molecule has 6 nitrogen and oxygen atoms in total. The number of carboxylic acid groups (broad SMARTS) is 1. The molecule has 0 radical (unpaired) electrons. The molecule has 0 heterocycles. The van der Waals surface area contributed by atoms with Gasteiger partial charge >= 0.3 is 11.7 Å². The topological polar surface area (TPSA) is 92.5 Å². The quantitative estimate of drug-likeness (QED) is 0.657. The van der Waals surface area contributed by atoms with Gasteiger partial charge in [-0.2, -0.15) is 4.39 Å². The van der Waals surface area contributed by atoms with E-state index < -0.39 is 27.9 Å². The highest BCUT2D eigenvalue weighted by Crippen LogP contribution is 2.38. The molecule has 0 aromatic heterocycles. The van der Waals surface area contributed by atoms with Crippen LogP contribution >= 0.6 is 0 Å². The van der Waals surface area contributed by atoms with Gasteiger partial charge in [0.15, 0.2) is 0 Å². The summed E-state index contributed by atoms with van der Waals surface area (Å²) in [5.41, 5.74) is -2.08. The average molecular weight is 296 g/mol. The Balaban J connectivity index is 2.41. The zero-order valence-corrected chi connectivity index (χ0v) is 11.6. The third-order valence-corrected chi connectivity index (χ3v) is 3.95. The number of rotatable bonds is 4. The number of nitro benzene ring substituents is 1. The first-order chi connectivity index (χ1) is 9.85. The first kappa shape index (κ1) is 15.2. The van der Waals surface area contributed by atoms with E-state index >= 15 is 0 Å². The number of anilines is 1. The number of hydrogen-bond acceptors (Lipinski definition) is 4. The normalized spacial score (nSPS) is 25.3. The summed E-state index contributed by atoms with van der Waals surface area (Å²) in [5.74, 6) is -1.85. The first-order valence-corrected chi connectivity index (χ1v) is 6.80. The van der Waals surface area contributed by atoms with Crippen molar-refractivity contribution < 1.29 is 19.2 Å². The van der Waals surface area contributed by atoms with E-state index in [9.17, 15) is 24.4 Å². The van der Waals surface area contributed by atoms with E-state index in [0.717, 1.165) is 12.5 Å². The van der Waals surface area contributed by atoms with Crippen LogP contribution in [0.1, 0.15) is 32.6 Å². The van der Waals surface area contributed by atoms with Gasteiger partial charge < -0.3 is 10.4 Å². The Kier molecular flexibility index (Phi) is 4.11. The van der Waals surface area contributed by atoms with Gasteiger partial charge in [0, 0.05) is 0 Å². The van der Waals surface area contributed by atoms with E-state index in [1.807, 2.05) is 6.92 Å². The standard InChI is InChI=1S/C14H17FN2O4/c1-9-4-3-7-14(8-9,13(18)19)16-11-6-2-5-10(15)12(11)17(20)21/h2,5-6,9,16H,3-4,7-8H2,1H3,(H,18,19). The summed E-state index contributed by atoms with van der Waals surface area (Å²) in [6.45, 7) is 1.94. The van der Waals surface area contributed by atoms with Crippen LogP contribution in [0.25, 0.3) is 0 Å². The molecule has 0 saturated heterocycles. The number of hydrogen-bond donors (Lipinski definition) is 2. The fraction of sp³-hybridized carbons (Fsp3) is 0.500. The smallest absolute Gasteiger partial charge is 0.329 e. The zero-order chi connectivity index (χ0) is 15.6. The summed E-state index contributed by atoms with van der Waals surface area (Å²) in [6.07, 6.45) is 2.35. The molecule has 1 aromatic rings. The highest BCUT2D eigenvalue weighted by molar-refractivity contribution is 5.84. The lowest BCUT2D eigenvalue weighted by molar-refractivity contribution is -0.386. The molecule has 1 fully saturated rings. The largest absolute Gasteiger partial charge is 0.480 e. The van der Waals surface area contributed by atoms with E-state index in [1.165, 1.54) is 12.1 Å². The molecule has 0 spiro atoms. The number of carbonyl (C=O) groups is 1. The summed E-state index contributed by atoms with van der Waals surface area (Å²) in [4.78, 5) is 21.8. The Morgan fingerprint density at radius 2 is 2.29 bits per heavy atom. The van der Waals surface area contributed by atoms with Crippen molar-refractivity contribution in [1.29, 1.82) is 0 Å². The third-order valence-electron chi connectivity index (χ3n) is 3.95. The molecule has 1 aromatic carbocycles. The van der Waals surface area contributed by atoms with Crippen molar-refractivity contribution in [3.8, 4) is 0 Å². The maximum absolute atomic E-state index is 13.6. The second kappa shape index (κ2) is 5.67. The van der Waals surface area contributed by atoms with Crippen LogP contribution in [-0.2, 0) is 4.79 Å². The molecule has 114 valence electrons. The summed E-state index contributed by atoms with van der Waals surface area (Å²) in [6, 6.07) is 3.65. The Labute approximate surface area is 121 Å². The van der Waals surface area contributed by atoms with Crippen molar-refractivity contribution in [1.82, 2.24) is 0 Å². The minimum atomic E-state index is -1.28. The Bertz CT molecular complexity index is 578. The van der Waals surface area contributed by atoms with Crippen LogP contribution in [0.2, 0.25) is 0 Å². The maximum Gasteiger partial charge on any atom is 0.329 e. The van der Waals surface area contributed by atoms with Crippen molar-refractivity contribution >= 4 is 17.3 Å². The van der Waals surface area contributed by atoms with Crippen molar-refractivity contribution in [3.63, 3.8) is 0 Å². The monoisotopic (exact) mass is 296 g/mol. The van der Waals surface area contributed by atoms with Crippen LogP contribution in [0, 0.1) is 21.8 Å². The summed E-state index contributed by atoms with van der Waals surface area (Å²) in [5, 5.41) is 23.3. The van der Waals surface area contributed by atoms with Gasteiger partial charge in [-0.05, 0) is 30.9 Å². The van der Waals surface area contributed by atoms with Crippen molar-refractivity contribution in [2.75, 3.05) is 5.32 Å². The van der Waals surface area contributed by atoms with Crippen molar-refractivity contribution in [2.45, 2.75) is 38.1 Å². The molecule has 0 bridgehead atoms. The van der Waals surface area contributed by atoms with Crippen LogP contribution in [0.4, 0.5) is 15.8 Å². The molecule has 21 heavy (non-hydrogen) atoms. The number of aliphatic carboxylic acids is 1. The molecule has 1 aliphatic rings. The lowest BCUT2D eigenvalue weighted by atomic mass is 9.76. The molecular formula is C14H17FN2O4. The molecule has 1 aliphatic carbocycles. The van der Waals surface area contributed by atoms with E-state index in [4.69, 9.17) is 0 Å². The van der Waals surface area contributed by atoms with E-state index in [0.29, 0.717) is 19.3 Å². The second-order valence-corrected chi connectivity index (χ2v) is 5.61. The second-order valence-electron chi connectivity index (χ2n) is 5.61. The van der Waals surface area contributed by atoms with E-state index in [1.54, 1.807) is 0 Å². The maximum atomic E-state index is 13.6. The van der Waals surface area contributed by atoms with Crippen LogP contribution in [0.3, 0.4) is 0 Å². The lowest BCUT2D eigenvalue weighted by Gasteiger charge is -2.37. The van der Waals surface area contributed by atoms with Gasteiger partial charge in [0.05, 0.1) is 4.92 Å². The van der Waals surface area contributed by atoms with Gasteiger partial charge in [-0.1, -0.05) is 25.8 Å². The fourth-order valence-electron chi connectivity index (χ4n) is 2.97. The molecule has 2 atom stereocenters. The Morgan fingerprint density at radius 1 is 1.57 bits per heavy atom. The molecule has 2 rings (SSSR count). The first-order valence-electron chi connectivity index (χ1n) is 6.80. The van der Waals surface area contributed by atoms with Crippen molar-refractivity contribution in [2.24, 2.45) is 5.92 Å². The highest BCUT2D eigenvalue weighted by atomic mass is 19.1. The average Bonchev–Trinajstić information content (AvgIpc) is 2.38. The van der Waals surface area contributed by atoms with Gasteiger partial charge in [0.25, 0.3) is 0 Å². The molecular weight excluding hydrogens is 279 g/mol. The number of para-hydroxylation sites is 1. The summed E-state index contributed by atoms with van der Waals surface area (Å²) in [7, 11) is 0. The molecule has 2 unspecified atom stereocenters. The Morgan fingerprint density at radius 3 is 2.86 bits per heavy atom. The number of carboxylic acids is 1. The van der Waals surface area contributed by atoms with Gasteiger partial charge in [-0.3, -0.25) is 10.1 Å². The summed E-state index contributed by atoms with van der Waals surface area (Å²) >= 11 is 0. The van der Waals surface area contributed by atoms with E-state index in [2.05, 4.69) is 5.32 Å². The minimum Gasteiger partial charge on any atom is -0.480 e. The van der Waals surface area contributed by atoms with Gasteiger partial charge in [-0.15, -0.1) is 0 Å². The molecule has 0 aliphatic heterocycles. The number of benzene rings is 1. The van der Waals surface area contributed by atoms with Crippen LogP contribution in [0.15, 0.2) is 18.2 Å². The molecule has 7 heteroatoms. The van der Waals surface area contributed by atoms with E-state index in [-0.39, 0.29) is 11.6 Å². The highest BCUT2D eigenvalue weighted by Gasteiger charge is 2.43. The van der Waals surface area contributed by atoms with Crippen LogP contribution in [0.5, 0.6) is 0 Å². The van der Waals surface area contributed by atoms with Crippen LogP contribution < -0.4 is 5.32 Å². The number of halogens is 1. The van der Waals surface area contributed by atoms with Gasteiger partial charge in [0.1, 0.15) is 11.2 Å². The molecule has 0 amide bonds. The third kappa shape index (κ3) is 2.96. The number of nitro groups is 1. The Hall–Kier alpha value is -2.18. The number of nitrogens with zero attached hydrogens (tertiary/aromatic N) is 1. The zero-order valence-electron chi connectivity index (χ0n) is 11.6. The lowest BCUT2D eigenvalue weighted by Crippen LogP contribution is -2.49. The number of nitrogens with one attached hydrogen (secondary N) is 1. The van der Waals surface area contributed by atoms with Gasteiger partial charge in [-0.25, -0.2) is 4.79 Å². The fourth-order valence-corrected chi connectivity index (χ4v) is 2.97.